The highest BCUT2D eigenvalue weighted by Crippen LogP contribution is 2.27. The minimum atomic E-state index is -4.59. The molecule has 0 atom stereocenters. The Balaban J connectivity index is 2.06. The first-order chi connectivity index (χ1) is 10.3. The van der Waals surface area contributed by atoms with E-state index >= 15 is 0 Å². The monoisotopic (exact) mass is 318 g/mol. The third kappa shape index (κ3) is 3.71. The van der Waals surface area contributed by atoms with Gasteiger partial charge in [0.15, 0.2) is 5.69 Å². The smallest absolute Gasteiger partial charge is 0.435 e. The summed E-state index contributed by atoms with van der Waals surface area (Å²) >= 11 is 0. The molecule has 2 rings (SSSR count). The number of carbonyl (C=O) groups is 1. The van der Waals surface area contributed by atoms with Gasteiger partial charge < -0.3 is 10.1 Å². The SMILES string of the molecule is COc1cnc(F)c(NC(=O)Cn2ccc(C(F)(F)F)n2)c1. The Labute approximate surface area is 121 Å². The zero-order valence-corrected chi connectivity index (χ0v) is 11.2. The summed E-state index contributed by atoms with van der Waals surface area (Å²) in [7, 11) is 1.34. The number of amides is 1. The Morgan fingerprint density at radius 1 is 1.45 bits per heavy atom. The van der Waals surface area contributed by atoms with Crippen LogP contribution in [0.3, 0.4) is 0 Å². The van der Waals surface area contributed by atoms with Gasteiger partial charge in [-0.3, -0.25) is 9.48 Å². The van der Waals surface area contributed by atoms with Crippen molar-refractivity contribution in [3.63, 3.8) is 0 Å². The van der Waals surface area contributed by atoms with Crippen molar-refractivity contribution < 1.29 is 27.1 Å². The van der Waals surface area contributed by atoms with Crippen LogP contribution < -0.4 is 10.1 Å². The molecule has 0 radical (unpaired) electrons. The topological polar surface area (TPSA) is 69.0 Å². The molecule has 2 aromatic heterocycles. The summed E-state index contributed by atoms with van der Waals surface area (Å²) in [4.78, 5) is 15.1. The van der Waals surface area contributed by atoms with Crippen LogP contribution in [-0.2, 0) is 17.5 Å². The molecule has 1 amide bonds. The van der Waals surface area contributed by atoms with Crippen molar-refractivity contribution >= 4 is 11.6 Å². The number of anilines is 1. The number of ether oxygens (including phenoxy) is 1. The molecule has 0 saturated heterocycles. The van der Waals surface area contributed by atoms with E-state index in [-0.39, 0.29) is 11.4 Å². The summed E-state index contributed by atoms with van der Waals surface area (Å²) in [6.45, 7) is -0.507. The van der Waals surface area contributed by atoms with Crippen LogP contribution in [0.1, 0.15) is 5.69 Å². The molecular weight excluding hydrogens is 308 g/mol. The van der Waals surface area contributed by atoms with E-state index in [9.17, 15) is 22.4 Å². The van der Waals surface area contributed by atoms with Gasteiger partial charge in [0, 0.05) is 12.3 Å². The molecule has 118 valence electrons. The molecule has 10 heteroatoms. The van der Waals surface area contributed by atoms with Crippen LogP contribution in [0.5, 0.6) is 5.75 Å². The number of nitrogens with one attached hydrogen (secondary N) is 1. The largest absolute Gasteiger partial charge is 0.495 e. The predicted octanol–water partition coefficient (Wildman–Crippen LogP) is 2.08. The minimum absolute atomic E-state index is 0.218. The maximum atomic E-state index is 13.4. The Hall–Kier alpha value is -2.65. The average Bonchev–Trinajstić information content (AvgIpc) is 2.89. The van der Waals surface area contributed by atoms with Crippen molar-refractivity contribution in [2.45, 2.75) is 12.7 Å². The third-order valence-electron chi connectivity index (χ3n) is 2.56. The lowest BCUT2D eigenvalue weighted by Gasteiger charge is -2.08. The van der Waals surface area contributed by atoms with Gasteiger partial charge in [-0.15, -0.1) is 0 Å². The zero-order chi connectivity index (χ0) is 16.3. The number of methoxy groups -OCH3 is 1. The van der Waals surface area contributed by atoms with Crippen molar-refractivity contribution in [3.8, 4) is 5.75 Å². The van der Waals surface area contributed by atoms with E-state index < -0.39 is 30.3 Å². The molecule has 2 aromatic rings. The van der Waals surface area contributed by atoms with Gasteiger partial charge >= 0.3 is 6.18 Å². The molecule has 0 bridgehead atoms. The lowest BCUT2D eigenvalue weighted by atomic mass is 10.3. The van der Waals surface area contributed by atoms with Crippen LogP contribution in [0.25, 0.3) is 0 Å². The molecular formula is C12H10F4N4O2. The number of hydrogen-bond acceptors (Lipinski definition) is 4. The summed E-state index contributed by atoms with van der Waals surface area (Å²) in [5, 5.41) is 5.40. The van der Waals surface area contributed by atoms with E-state index in [1.807, 2.05) is 0 Å². The van der Waals surface area contributed by atoms with Crippen molar-refractivity contribution in [1.29, 1.82) is 0 Å². The Morgan fingerprint density at radius 2 is 2.18 bits per heavy atom. The number of pyridine rings is 1. The molecule has 0 saturated carbocycles. The highest BCUT2D eigenvalue weighted by Gasteiger charge is 2.33. The molecule has 0 unspecified atom stereocenters. The fourth-order valence-corrected chi connectivity index (χ4v) is 1.57. The molecule has 6 nitrogen and oxygen atoms in total. The summed E-state index contributed by atoms with van der Waals surface area (Å²) < 4.78 is 56.2. The standard InChI is InChI=1S/C12H10F4N4O2/c1-22-7-4-8(11(13)17-5-7)18-10(21)6-20-3-2-9(19-20)12(14,15)16/h2-5H,6H2,1H3,(H,18,21). The van der Waals surface area contributed by atoms with Gasteiger partial charge in [0.1, 0.15) is 18.0 Å². The Kier molecular flexibility index (Phi) is 4.29. The second kappa shape index (κ2) is 6.00. The van der Waals surface area contributed by atoms with Crippen LogP contribution >= 0.6 is 0 Å². The second-order valence-electron chi connectivity index (χ2n) is 4.16. The van der Waals surface area contributed by atoms with E-state index in [2.05, 4.69) is 15.4 Å². The van der Waals surface area contributed by atoms with Gasteiger partial charge in [-0.1, -0.05) is 0 Å². The van der Waals surface area contributed by atoms with Crippen LogP contribution in [0.4, 0.5) is 23.2 Å². The predicted molar refractivity (Wildman–Crippen MR) is 66.6 cm³/mol. The van der Waals surface area contributed by atoms with E-state index in [0.717, 1.165) is 23.1 Å². The first kappa shape index (κ1) is 15.7. The maximum absolute atomic E-state index is 13.4. The summed E-state index contributed by atoms with van der Waals surface area (Å²) in [6, 6.07) is 1.94. The molecule has 0 aromatic carbocycles. The first-order valence-electron chi connectivity index (χ1n) is 5.89. The molecule has 0 aliphatic carbocycles. The number of nitrogens with zero attached hydrogens (tertiary/aromatic N) is 3. The normalized spacial score (nSPS) is 11.3. The van der Waals surface area contributed by atoms with Crippen molar-refractivity contribution in [2.75, 3.05) is 12.4 Å². The van der Waals surface area contributed by atoms with E-state index in [0.29, 0.717) is 0 Å². The fraction of sp³-hybridized carbons (Fsp3) is 0.250. The van der Waals surface area contributed by atoms with Gasteiger partial charge in [-0.2, -0.15) is 22.7 Å². The quantitative estimate of drug-likeness (QED) is 0.692. The number of carbonyl (C=O) groups excluding carboxylic acids is 1. The van der Waals surface area contributed by atoms with E-state index in [1.54, 1.807) is 0 Å². The lowest BCUT2D eigenvalue weighted by Crippen LogP contribution is -2.20. The summed E-state index contributed by atoms with van der Waals surface area (Å²) in [5.74, 6) is -1.48. The minimum Gasteiger partial charge on any atom is -0.495 e. The van der Waals surface area contributed by atoms with Crippen molar-refractivity contribution in [2.24, 2.45) is 0 Å². The second-order valence-corrected chi connectivity index (χ2v) is 4.16. The molecule has 2 heterocycles. The molecule has 0 aliphatic rings. The average molecular weight is 318 g/mol. The van der Waals surface area contributed by atoms with Crippen LogP contribution in [0.2, 0.25) is 0 Å². The van der Waals surface area contributed by atoms with Gasteiger partial charge in [0.25, 0.3) is 0 Å². The first-order valence-corrected chi connectivity index (χ1v) is 5.89. The van der Waals surface area contributed by atoms with Gasteiger partial charge in [-0.25, -0.2) is 4.98 Å². The van der Waals surface area contributed by atoms with E-state index in [4.69, 9.17) is 4.74 Å². The molecule has 0 spiro atoms. The van der Waals surface area contributed by atoms with Gasteiger partial charge in [-0.05, 0) is 6.07 Å². The van der Waals surface area contributed by atoms with Crippen LogP contribution in [0, 0.1) is 5.95 Å². The highest BCUT2D eigenvalue weighted by molar-refractivity contribution is 5.90. The van der Waals surface area contributed by atoms with E-state index in [1.165, 1.54) is 13.2 Å². The highest BCUT2D eigenvalue weighted by atomic mass is 19.4. The number of aromatic nitrogens is 3. The van der Waals surface area contributed by atoms with Crippen LogP contribution in [-0.4, -0.2) is 27.8 Å². The third-order valence-corrected chi connectivity index (χ3v) is 2.56. The molecule has 0 fully saturated rings. The number of hydrogen-bond donors (Lipinski definition) is 1. The molecule has 0 aliphatic heterocycles. The van der Waals surface area contributed by atoms with Gasteiger partial charge in [0.2, 0.25) is 11.9 Å². The summed E-state index contributed by atoms with van der Waals surface area (Å²) in [5.41, 5.74) is -1.36. The molecule has 1 N–H and O–H groups in total. The fourth-order valence-electron chi connectivity index (χ4n) is 1.57. The van der Waals surface area contributed by atoms with Crippen LogP contribution in [0.15, 0.2) is 24.5 Å². The number of alkyl halides is 3. The lowest BCUT2D eigenvalue weighted by molar-refractivity contribution is -0.141. The maximum Gasteiger partial charge on any atom is 0.435 e. The zero-order valence-electron chi connectivity index (χ0n) is 11.2. The molecule has 22 heavy (non-hydrogen) atoms. The van der Waals surface area contributed by atoms with Crippen molar-refractivity contribution in [1.82, 2.24) is 14.8 Å². The van der Waals surface area contributed by atoms with Gasteiger partial charge in [0.05, 0.1) is 13.3 Å². The summed E-state index contributed by atoms with van der Waals surface area (Å²) in [6.07, 6.45) is -2.47. The van der Waals surface area contributed by atoms with Crippen molar-refractivity contribution in [3.05, 3.63) is 36.2 Å². The number of halogens is 4. The Bertz CT molecular complexity index is 684. The Morgan fingerprint density at radius 3 is 2.77 bits per heavy atom. The number of rotatable bonds is 4.